The summed E-state index contributed by atoms with van der Waals surface area (Å²) in [4.78, 5) is 0.298. The van der Waals surface area contributed by atoms with Gasteiger partial charge < -0.3 is 0 Å². The predicted molar refractivity (Wildman–Crippen MR) is 83.2 cm³/mol. The van der Waals surface area contributed by atoms with Gasteiger partial charge in [-0.1, -0.05) is 62.6 Å². The summed E-state index contributed by atoms with van der Waals surface area (Å²) in [5.74, 6) is 0. The van der Waals surface area contributed by atoms with Gasteiger partial charge in [-0.3, -0.25) is 0 Å². The molecule has 3 nitrogen and oxygen atoms in total. The van der Waals surface area contributed by atoms with Crippen LogP contribution in [0.15, 0.2) is 41.3 Å². The minimum absolute atomic E-state index is 0.298. The zero-order chi connectivity index (χ0) is 14.6. The maximum atomic E-state index is 11.9. The molecule has 0 aliphatic heterocycles. The summed E-state index contributed by atoms with van der Waals surface area (Å²) in [7, 11) is -3.70. The van der Waals surface area contributed by atoms with E-state index in [1.54, 1.807) is 0 Å². The highest BCUT2D eigenvalue weighted by Gasteiger charge is 2.17. The monoisotopic (exact) mass is 291 g/mol. The number of hydrogen-bond acceptors (Lipinski definition) is 2. The summed E-state index contributed by atoms with van der Waals surface area (Å²) in [6, 6.07) is 11.3. The maximum Gasteiger partial charge on any atom is 0.238 e. The Labute approximate surface area is 120 Å². The third kappa shape index (κ3) is 3.38. The average molecular weight is 291 g/mol. The highest BCUT2D eigenvalue weighted by Crippen LogP contribution is 2.27. The molecule has 0 bridgehead atoms. The molecule has 0 spiro atoms. The topological polar surface area (TPSA) is 60.2 Å². The average Bonchev–Trinajstić information content (AvgIpc) is 2.41. The van der Waals surface area contributed by atoms with Crippen LogP contribution in [0.5, 0.6) is 0 Å². The normalized spacial score (nSPS) is 11.9. The second-order valence-electron chi connectivity index (χ2n) is 5.13. The molecule has 0 heterocycles. The van der Waals surface area contributed by atoms with Crippen molar-refractivity contribution in [2.75, 3.05) is 0 Å². The molecule has 0 unspecified atom stereocenters. The Balaban J connectivity index is 2.44. The van der Waals surface area contributed by atoms with Crippen molar-refractivity contribution in [3.05, 3.63) is 42.0 Å². The third-order valence-corrected chi connectivity index (χ3v) is 4.60. The van der Waals surface area contributed by atoms with E-state index in [0.29, 0.717) is 4.90 Å². The SMILES string of the molecule is CCCCCCc1ccc2ccccc2c1S(N)(=O)=O. The van der Waals surface area contributed by atoms with E-state index < -0.39 is 10.0 Å². The minimum atomic E-state index is -3.70. The second kappa shape index (κ2) is 6.37. The van der Waals surface area contributed by atoms with E-state index in [1.165, 1.54) is 12.8 Å². The van der Waals surface area contributed by atoms with Crippen LogP contribution in [-0.4, -0.2) is 8.42 Å². The van der Waals surface area contributed by atoms with E-state index in [2.05, 4.69) is 6.92 Å². The van der Waals surface area contributed by atoms with Crippen molar-refractivity contribution in [3.8, 4) is 0 Å². The van der Waals surface area contributed by atoms with Crippen molar-refractivity contribution in [2.45, 2.75) is 43.9 Å². The fourth-order valence-electron chi connectivity index (χ4n) is 2.56. The van der Waals surface area contributed by atoms with Crippen molar-refractivity contribution in [2.24, 2.45) is 5.14 Å². The predicted octanol–water partition coefficient (Wildman–Crippen LogP) is 3.61. The molecule has 108 valence electrons. The van der Waals surface area contributed by atoms with Crippen molar-refractivity contribution in [1.29, 1.82) is 0 Å². The fraction of sp³-hybridized carbons (Fsp3) is 0.375. The Bertz CT molecular complexity index is 693. The van der Waals surface area contributed by atoms with Crippen LogP contribution in [0.4, 0.5) is 0 Å². The standard InChI is InChI=1S/C16H21NO2S/c1-2-3-4-5-9-14-12-11-13-8-6-7-10-15(13)16(14)20(17,18)19/h6-8,10-12H,2-5,9H2,1H3,(H2,17,18,19). The molecule has 2 aromatic rings. The summed E-state index contributed by atoms with van der Waals surface area (Å²) in [6.07, 6.45) is 5.22. The summed E-state index contributed by atoms with van der Waals surface area (Å²) in [5.41, 5.74) is 0.835. The number of rotatable bonds is 6. The molecule has 2 N–H and O–H groups in total. The van der Waals surface area contributed by atoms with Gasteiger partial charge in [0.2, 0.25) is 10.0 Å². The van der Waals surface area contributed by atoms with Crippen LogP contribution in [0.25, 0.3) is 10.8 Å². The molecule has 0 fully saturated rings. The van der Waals surface area contributed by atoms with Gasteiger partial charge in [-0.25, -0.2) is 13.6 Å². The zero-order valence-electron chi connectivity index (χ0n) is 11.8. The first-order chi connectivity index (χ1) is 9.54. The molecule has 0 saturated carbocycles. The number of sulfonamides is 1. The fourth-order valence-corrected chi connectivity index (χ4v) is 3.59. The van der Waals surface area contributed by atoms with Crippen molar-refractivity contribution < 1.29 is 8.42 Å². The van der Waals surface area contributed by atoms with Crippen molar-refractivity contribution in [1.82, 2.24) is 0 Å². The Morgan fingerprint density at radius 3 is 2.45 bits per heavy atom. The molecular formula is C16H21NO2S. The lowest BCUT2D eigenvalue weighted by Gasteiger charge is -2.11. The Morgan fingerprint density at radius 1 is 1.00 bits per heavy atom. The molecule has 2 rings (SSSR count). The number of unbranched alkanes of at least 4 members (excludes halogenated alkanes) is 3. The molecule has 0 aliphatic rings. The molecule has 4 heteroatoms. The van der Waals surface area contributed by atoms with Gasteiger partial charge >= 0.3 is 0 Å². The number of hydrogen-bond donors (Lipinski definition) is 1. The van der Waals surface area contributed by atoms with E-state index in [-0.39, 0.29) is 0 Å². The van der Waals surface area contributed by atoms with Crippen molar-refractivity contribution >= 4 is 20.8 Å². The van der Waals surface area contributed by atoms with E-state index in [1.807, 2.05) is 36.4 Å². The first-order valence-corrected chi connectivity index (χ1v) is 8.62. The summed E-state index contributed by atoms with van der Waals surface area (Å²) in [5, 5.41) is 7.06. The minimum Gasteiger partial charge on any atom is -0.225 e. The third-order valence-electron chi connectivity index (χ3n) is 3.55. The number of aryl methyl sites for hydroxylation is 1. The van der Waals surface area contributed by atoms with Gasteiger partial charge in [-0.2, -0.15) is 0 Å². The number of primary sulfonamides is 1. The van der Waals surface area contributed by atoms with Gasteiger partial charge in [-0.05, 0) is 23.8 Å². The molecule has 2 aromatic carbocycles. The zero-order valence-corrected chi connectivity index (χ0v) is 12.6. The molecular weight excluding hydrogens is 270 g/mol. The highest BCUT2D eigenvalue weighted by atomic mass is 32.2. The molecule has 0 saturated heterocycles. The van der Waals surface area contributed by atoms with Gasteiger partial charge in [0.15, 0.2) is 0 Å². The Morgan fingerprint density at radius 2 is 1.75 bits per heavy atom. The van der Waals surface area contributed by atoms with E-state index in [9.17, 15) is 8.42 Å². The van der Waals surface area contributed by atoms with Crippen LogP contribution in [-0.2, 0) is 16.4 Å². The summed E-state index contributed by atoms with van der Waals surface area (Å²) in [6.45, 7) is 2.16. The lowest BCUT2D eigenvalue weighted by Crippen LogP contribution is -2.15. The van der Waals surface area contributed by atoms with Gasteiger partial charge in [-0.15, -0.1) is 0 Å². The van der Waals surface area contributed by atoms with Gasteiger partial charge in [0.25, 0.3) is 0 Å². The van der Waals surface area contributed by atoms with E-state index in [4.69, 9.17) is 5.14 Å². The Hall–Kier alpha value is -1.39. The van der Waals surface area contributed by atoms with Crippen LogP contribution in [0.1, 0.15) is 38.2 Å². The van der Waals surface area contributed by atoms with Crippen LogP contribution >= 0.6 is 0 Å². The number of fused-ring (bicyclic) bond motifs is 1. The lowest BCUT2D eigenvalue weighted by atomic mass is 10.0. The number of nitrogens with two attached hydrogens (primary N) is 1. The van der Waals surface area contributed by atoms with E-state index >= 15 is 0 Å². The van der Waals surface area contributed by atoms with Gasteiger partial charge in [0, 0.05) is 5.39 Å². The molecule has 0 atom stereocenters. The van der Waals surface area contributed by atoms with Crippen LogP contribution in [0.3, 0.4) is 0 Å². The molecule has 0 radical (unpaired) electrons. The van der Waals surface area contributed by atoms with Gasteiger partial charge in [0.1, 0.15) is 0 Å². The quantitative estimate of drug-likeness (QED) is 0.826. The summed E-state index contributed by atoms with van der Waals surface area (Å²) < 4.78 is 23.9. The van der Waals surface area contributed by atoms with Crippen LogP contribution in [0, 0.1) is 0 Å². The maximum absolute atomic E-state index is 11.9. The van der Waals surface area contributed by atoms with Crippen molar-refractivity contribution in [3.63, 3.8) is 0 Å². The van der Waals surface area contributed by atoms with Crippen LogP contribution < -0.4 is 5.14 Å². The smallest absolute Gasteiger partial charge is 0.225 e. The van der Waals surface area contributed by atoms with E-state index in [0.717, 1.165) is 35.6 Å². The Kier molecular flexibility index (Phi) is 4.78. The molecule has 0 amide bonds. The number of benzene rings is 2. The largest absolute Gasteiger partial charge is 0.238 e. The molecule has 0 aromatic heterocycles. The highest BCUT2D eigenvalue weighted by molar-refractivity contribution is 7.89. The second-order valence-corrected chi connectivity index (χ2v) is 6.63. The molecule has 0 aliphatic carbocycles. The molecule has 20 heavy (non-hydrogen) atoms. The first-order valence-electron chi connectivity index (χ1n) is 7.07. The summed E-state index contributed by atoms with van der Waals surface area (Å²) >= 11 is 0. The van der Waals surface area contributed by atoms with Gasteiger partial charge in [0.05, 0.1) is 4.90 Å². The van der Waals surface area contributed by atoms with Crippen LogP contribution in [0.2, 0.25) is 0 Å². The first kappa shape index (κ1) is 15.0. The lowest BCUT2D eigenvalue weighted by molar-refractivity contribution is 0.596.